The molecule has 4 aromatic rings. The monoisotopic (exact) mass is 794 g/mol. The number of carbonyl (C=O) groups excluding carboxylic acids is 6. The molecule has 2 aliphatic heterocycles. The minimum absolute atomic E-state index is 0.0213. The second-order valence-corrected chi connectivity index (χ2v) is 13.0. The van der Waals surface area contributed by atoms with Gasteiger partial charge in [0.25, 0.3) is 0 Å². The van der Waals surface area contributed by atoms with Crippen LogP contribution < -0.4 is 14.2 Å². The van der Waals surface area contributed by atoms with Gasteiger partial charge < -0.3 is 42.6 Å². The van der Waals surface area contributed by atoms with Crippen molar-refractivity contribution in [3.63, 3.8) is 0 Å². The molecule has 4 atom stereocenters. The van der Waals surface area contributed by atoms with Gasteiger partial charge in [0.15, 0.2) is 12.2 Å². The Morgan fingerprint density at radius 1 is 0.552 bits per heavy atom. The fraction of sp³-hybridized carbons (Fsp3) is 0.256. The quantitative estimate of drug-likeness (QED) is 0.0340. The standard InChI is InChI=1S/C43H38O15/c1-3-36(44)50-22-4-5-23-51-43(49)56-33-20-14-28(15-21-33)40(46)55-32-18-12-30(13-19-32)42(48)58-35-25-53-37-34(24-52-38(35)37)57-41(47)29-10-16-31(17-11-29)54-39(45)27-8-6-26(2)7-9-27/h3,6-21,34-35,37-38H,1,4-5,22-25H2,2H3/t34-,35-,37+,38+/m0/s1. The number of rotatable bonds is 15. The summed E-state index contributed by atoms with van der Waals surface area (Å²) in [5.74, 6) is -2.47. The largest absolute Gasteiger partial charge is 0.513 e. The molecule has 0 amide bonds. The highest BCUT2D eigenvalue weighted by Gasteiger charge is 2.51. The molecule has 2 aliphatic rings. The summed E-state index contributed by atoms with van der Waals surface area (Å²) in [6.45, 7) is 5.50. The lowest BCUT2D eigenvalue weighted by Crippen LogP contribution is -2.36. The first-order chi connectivity index (χ1) is 28.1. The van der Waals surface area contributed by atoms with Gasteiger partial charge in [-0.25, -0.2) is 28.8 Å². The maximum atomic E-state index is 13.0. The van der Waals surface area contributed by atoms with Crippen molar-refractivity contribution >= 4 is 36.0 Å². The van der Waals surface area contributed by atoms with Crippen LogP contribution in [0.3, 0.4) is 0 Å². The molecular weight excluding hydrogens is 756 g/mol. The van der Waals surface area contributed by atoms with Crippen LogP contribution in [0.5, 0.6) is 17.2 Å². The minimum Gasteiger partial charge on any atom is -0.463 e. The molecule has 0 N–H and O–H groups in total. The van der Waals surface area contributed by atoms with Crippen LogP contribution in [0.4, 0.5) is 4.79 Å². The first kappa shape index (κ1) is 40.8. The first-order valence-electron chi connectivity index (χ1n) is 18.2. The molecule has 300 valence electrons. The zero-order valence-corrected chi connectivity index (χ0v) is 31.2. The molecule has 4 aromatic carbocycles. The van der Waals surface area contributed by atoms with Crippen molar-refractivity contribution in [2.75, 3.05) is 26.4 Å². The van der Waals surface area contributed by atoms with Crippen molar-refractivity contribution in [1.29, 1.82) is 0 Å². The number of fused-ring (bicyclic) bond motifs is 1. The zero-order chi connectivity index (χ0) is 41.0. The van der Waals surface area contributed by atoms with E-state index in [1.807, 2.05) is 19.1 Å². The zero-order valence-electron chi connectivity index (χ0n) is 31.2. The Balaban J connectivity index is 0.911. The van der Waals surface area contributed by atoms with E-state index < -0.39 is 60.4 Å². The number of hydrogen-bond acceptors (Lipinski definition) is 15. The average Bonchev–Trinajstić information content (AvgIpc) is 3.82. The number of esters is 5. The molecule has 15 heteroatoms. The summed E-state index contributed by atoms with van der Waals surface area (Å²) in [5, 5.41) is 0. The van der Waals surface area contributed by atoms with Crippen LogP contribution in [0.2, 0.25) is 0 Å². The molecule has 0 aromatic heterocycles. The molecule has 2 saturated heterocycles. The third kappa shape index (κ3) is 10.9. The van der Waals surface area contributed by atoms with Crippen LogP contribution in [0.25, 0.3) is 0 Å². The van der Waals surface area contributed by atoms with Gasteiger partial charge in [0.2, 0.25) is 0 Å². The van der Waals surface area contributed by atoms with E-state index in [0.717, 1.165) is 11.6 Å². The number of ether oxygens (including phenoxy) is 9. The van der Waals surface area contributed by atoms with Gasteiger partial charge in [0, 0.05) is 6.08 Å². The van der Waals surface area contributed by atoms with Gasteiger partial charge in [0.1, 0.15) is 29.5 Å². The van der Waals surface area contributed by atoms with E-state index in [2.05, 4.69) is 6.58 Å². The number of carbonyl (C=O) groups is 6. The lowest BCUT2D eigenvalue weighted by atomic mass is 10.1. The maximum Gasteiger partial charge on any atom is 0.513 e. The summed E-state index contributed by atoms with van der Waals surface area (Å²) < 4.78 is 48.7. The Labute approximate surface area is 332 Å². The van der Waals surface area contributed by atoms with Crippen molar-refractivity contribution in [3.8, 4) is 17.2 Å². The van der Waals surface area contributed by atoms with Gasteiger partial charge >= 0.3 is 36.0 Å². The van der Waals surface area contributed by atoms with Crippen LogP contribution in [0, 0.1) is 6.92 Å². The molecular formula is C43H38O15. The predicted molar refractivity (Wildman–Crippen MR) is 201 cm³/mol. The topological polar surface area (TPSA) is 185 Å². The smallest absolute Gasteiger partial charge is 0.463 e. The molecule has 0 unspecified atom stereocenters. The fourth-order valence-electron chi connectivity index (χ4n) is 5.76. The summed E-state index contributed by atoms with van der Waals surface area (Å²) in [7, 11) is 0. The second kappa shape index (κ2) is 19.3. The van der Waals surface area contributed by atoms with Gasteiger partial charge in [-0.3, -0.25) is 0 Å². The number of hydrogen-bond donors (Lipinski definition) is 0. The van der Waals surface area contributed by atoms with Crippen LogP contribution in [-0.2, 0) is 33.2 Å². The average molecular weight is 795 g/mol. The molecule has 0 spiro atoms. The molecule has 0 bridgehead atoms. The third-order valence-electron chi connectivity index (χ3n) is 8.83. The summed E-state index contributed by atoms with van der Waals surface area (Å²) in [6.07, 6.45) is -1.77. The van der Waals surface area contributed by atoms with E-state index in [9.17, 15) is 28.8 Å². The number of unbranched alkanes of at least 4 members (excludes halogenated alkanes) is 1. The van der Waals surface area contributed by atoms with Gasteiger partial charge in [-0.05, 0) is 105 Å². The van der Waals surface area contributed by atoms with E-state index >= 15 is 0 Å². The molecule has 15 nitrogen and oxygen atoms in total. The van der Waals surface area contributed by atoms with E-state index in [1.54, 1.807) is 12.1 Å². The summed E-state index contributed by atoms with van der Waals surface area (Å²) in [4.78, 5) is 74.0. The summed E-state index contributed by atoms with van der Waals surface area (Å²) in [5.41, 5.74) is 1.99. The molecule has 0 aliphatic carbocycles. The molecule has 2 fully saturated rings. The second-order valence-electron chi connectivity index (χ2n) is 13.0. The maximum absolute atomic E-state index is 13.0. The van der Waals surface area contributed by atoms with Gasteiger partial charge in [-0.2, -0.15) is 0 Å². The van der Waals surface area contributed by atoms with Crippen LogP contribution in [-0.4, -0.2) is 86.8 Å². The van der Waals surface area contributed by atoms with E-state index in [4.69, 9.17) is 42.6 Å². The van der Waals surface area contributed by atoms with Crippen LogP contribution in [0.15, 0.2) is 110 Å². The normalized spacial score (nSPS) is 17.9. The van der Waals surface area contributed by atoms with Gasteiger partial charge in [-0.15, -0.1) is 0 Å². The molecule has 6 rings (SSSR count). The lowest BCUT2D eigenvalue weighted by molar-refractivity contribution is -0.137. The Kier molecular flexibility index (Phi) is 13.6. The SMILES string of the molecule is C=CC(=O)OCCCCOC(=O)Oc1ccc(C(=O)Oc2ccc(C(=O)O[C@H]3CO[C@H]4[C@@H]3OC[C@@H]4OC(=O)c3ccc(OC(=O)c4ccc(C)cc4)cc3)cc2)cc1. The fourth-order valence-corrected chi connectivity index (χ4v) is 5.76. The highest BCUT2D eigenvalue weighted by atomic mass is 16.7. The van der Waals surface area contributed by atoms with Crippen molar-refractivity contribution < 1.29 is 71.4 Å². The van der Waals surface area contributed by atoms with Gasteiger partial charge in [-0.1, -0.05) is 24.3 Å². The van der Waals surface area contributed by atoms with Crippen LogP contribution in [0.1, 0.15) is 59.8 Å². The summed E-state index contributed by atoms with van der Waals surface area (Å²) in [6, 6.07) is 24.3. The van der Waals surface area contributed by atoms with E-state index in [0.29, 0.717) is 18.4 Å². The number of aryl methyl sites for hydroxylation is 1. The minimum atomic E-state index is -0.931. The third-order valence-corrected chi connectivity index (χ3v) is 8.83. The first-order valence-corrected chi connectivity index (χ1v) is 18.2. The van der Waals surface area contributed by atoms with Crippen molar-refractivity contribution in [2.24, 2.45) is 0 Å². The molecule has 58 heavy (non-hydrogen) atoms. The van der Waals surface area contributed by atoms with Crippen molar-refractivity contribution in [2.45, 2.75) is 44.2 Å². The van der Waals surface area contributed by atoms with Crippen molar-refractivity contribution in [1.82, 2.24) is 0 Å². The van der Waals surface area contributed by atoms with E-state index in [1.165, 1.54) is 72.8 Å². The van der Waals surface area contributed by atoms with E-state index in [-0.39, 0.29) is 60.4 Å². The highest BCUT2D eigenvalue weighted by molar-refractivity contribution is 5.93. The number of benzene rings is 4. The lowest BCUT2D eigenvalue weighted by Gasteiger charge is -2.17. The highest BCUT2D eigenvalue weighted by Crippen LogP contribution is 2.32. The Hall–Kier alpha value is -6.84. The van der Waals surface area contributed by atoms with Gasteiger partial charge in [0.05, 0.1) is 48.7 Å². The Morgan fingerprint density at radius 3 is 1.36 bits per heavy atom. The Morgan fingerprint density at radius 2 is 0.931 bits per heavy atom. The van der Waals surface area contributed by atoms with Crippen LogP contribution >= 0.6 is 0 Å². The molecule has 0 saturated carbocycles. The summed E-state index contributed by atoms with van der Waals surface area (Å²) >= 11 is 0. The predicted octanol–water partition coefficient (Wildman–Crippen LogP) is 6.01. The van der Waals surface area contributed by atoms with Crippen molar-refractivity contribution in [3.05, 3.63) is 138 Å². The molecule has 2 heterocycles. The Bertz CT molecular complexity index is 2110. The molecule has 0 radical (unpaired) electrons.